The quantitative estimate of drug-likeness (QED) is 0.276. The van der Waals surface area contributed by atoms with E-state index in [2.05, 4.69) is 6.07 Å². The molecule has 0 N–H and O–H groups in total. The first-order valence-corrected chi connectivity index (χ1v) is 8.19. The van der Waals surface area contributed by atoms with Crippen LogP contribution >= 0.6 is 0 Å². The molecule has 0 saturated carbocycles. The van der Waals surface area contributed by atoms with Crippen LogP contribution < -0.4 is 0 Å². The maximum Gasteiger partial charge on any atom is 0.162 e. The number of hydrogen-bond acceptors (Lipinski definition) is 0. The third-order valence-corrected chi connectivity index (χ3v) is 4.61. The number of benzene rings is 4. The first kappa shape index (κ1) is 20.0. The topological polar surface area (TPSA) is 0 Å². The first-order chi connectivity index (χ1) is 12.5. The average Bonchev–Trinajstić information content (AvgIpc) is 2.66. The molecule has 4 aromatic rings. The molecule has 4 heteroatoms. The molecule has 1 radical (unpaired) electrons. The van der Waals surface area contributed by atoms with Crippen LogP contribution in [0.4, 0.5) is 13.2 Å². The van der Waals surface area contributed by atoms with Crippen molar-refractivity contribution in [2.45, 2.75) is 6.92 Å². The first-order valence-electron chi connectivity index (χ1n) is 8.19. The van der Waals surface area contributed by atoms with E-state index in [-0.39, 0.29) is 52.7 Å². The third-order valence-electron chi connectivity index (χ3n) is 4.61. The Morgan fingerprint density at radius 1 is 0.704 bits per heavy atom. The van der Waals surface area contributed by atoms with Gasteiger partial charge >= 0.3 is 0 Å². The molecule has 0 bridgehead atoms. The van der Waals surface area contributed by atoms with Crippen molar-refractivity contribution < 1.29 is 54.5 Å². The van der Waals surface area contributed by atoms with Crippen molar-refractivity contribution >= 4 is 10.8 Å². The molecule has 131 valence electrons. The van der Waals surface area contributed by atoms with Crippen molar-refractivity contribution in [2.75, 3.05) is 0 Å². The fourth-order valence-corrected chi connectivity index (χ4v) is 3.20. The predicted octanol–water partition coefficient (Wildman–Crippen LogP) is 6.70. The van der Waals surface area contributed by atoms with Gasteiger partial charge in [0.15, 0.2) is 11.6 Å². The zero-order chi connectivity index (χ0) is 18.3. The second kappa shape index (κ2) is 8.12. The molecule has 0 atom stereocenters. The second-order valence-electron chi connectivity index (χ2n) is 6.22. The number of aryl methyl sites for hydroxylation is 1. The van der Waals surface area contributed by atoms with E-state index >= 15 is 0 Å². The number of fused-ring (bicyclic) bond motifs is 1. The maximum atomic E-state index is 14.7. The molecule has 0 nitrogen and oxygen atoms in total. The molecule has 27 heavy (non-hydrogen) atoms. The number of halogens is 3. The zero-order valence-electron chi connectivity index (χ0n) is 14.6. The van der Waals surface area contributed by atoms with Gasteiger partial charge in [0.2, 0.25) is 0 Å². The van der Waals surface area contributed by atoms with Crippen LogP contribution in [0.5, 0.6) is 0 Å². The number of rotatable bonds is 2. The molecule has 0 aliphatic carbocycles. The van der Waals surface area contributed by atoms with E-state index in [0.717, 1.165) is 17.2 Å². The molecule has 0 aliphatic heterocycles. The van der Waals surface area contributed by atoms with Crippen LogP contribution in [0, 0.1) is 71.7 Å². The Bertz CT molecular complexity index is 1120. The third kappa shape index (κ3) is 3.81. The van der Waals surface area contributed by atoms with Gasteiger partial charge in [0.1, 0.15) is 5.82 Å². The molecule has 4 rings (SSSR count). The van der Waals surface area contributed by atoms with Gasteiger partial charge in [0.05, 0.1) is 0 Å². The van der Waals surface area contributed by atoms with E-state index in [0.29, 0.717) is 21.9 Å². The summed E-state index contributed by atoms with van der Waals surface area (Å²) in [5, 5.41) is 1.16. The maximum absolute atomic E-state index is 14.7. The summed E-state index contributed by atoms with van der Waals surface area (Å²) >= 11 is 0. The van der Waals surface area contributed by atoms with Crippen LogP contribution in [-0.4, -0.2) is 0 Å². The zero-order valence-corrected chi connectivity index (χ0v) is 18.3. The van der Waals surface area contributed by atoms with Gasteiger partial charge in [-0.25, -0.2) is 13.2 Å². The SMILES string of the molecule is Cc1c(F)c(F)cc2cc(-c3ccc(-c4cc[c-]cc4)cc3F)ccc12.[Pr]. The van der Waals surface area contributed by atoms with Crippen molar-refractivity contribution in [1.82, 2.24) is 0 Å². The summed E-state index contributed by atoms with van der Waals surface area (Å²) in [6.07, 6.45) is 0. The van der Waals surface area contributed by atoms with Gasteiger partial charge in [0.25, 0.3) is 0 Å². The van der Waals surface area contributed by atoms with Crippen molar-refractivity contribution in [2.24, 2.45) is 0 Å². The summed E-state index contributed by atoms with van der Waals surface area (Å²) in [6, 6.07) is 21.5. The van der Waals surface area contributed by atoms with Crippen LogP contribution in [-0.2, 0) is 0 Å². The van der Waals surface area contributed by atoms with Gasteiger partial charge < -0.3 is 0 Å². The molecule has 0 aliphatic rings. The Morgan fingerprint density at radius 2 is 1.41 bits per heavy atom. The van der Waals surface area contributed by atoms with Crippen molar-refractivity contribution in [3.8, 4) is 22.3 Å². The van der Waals surface area contributed by atoms with Crippen LogP contribution in [0.3, 0.4) is 0 Å². The smallest absolute Gasteiger partial charge is 0.162 e. The van der Waals surface area contributed by atoms with E-state index in [4.69, 9.17) is 0 Å². The minimum atomic E-state index is -0.899. The van der Waals surface area contributed by atoms with E-state index in [1.165, 1.54) is 13.0 Å². The molecule has 0 spiro atoms. The Hall–Kier alpha value is -1.71. The molecule has 4 aromatic carbocycles. The molecule has 0 amide bonds. The Morgan fingerprint density at radius 3 is 2.11 bits per heavy atom. The average molecular weight is 488 g/mol. The van der Waals surface area contributed by atoms with Gasteiger partial charge in [-0.2, -0.15) is 30.3 Å². The predicted molar refractivity (Wildman–Crippen MR) is 98.3 cm³/mol. The van der Waals surface area contributed by atoms with Crippen LogP contribution in [0.25, 0.3) is 33.0 Å². The van der Waals surface area contributed by atoms with Gasteiger partial charge in [0, 0.05) is 46.9 Å². The molecule has 0 unspecified atom stereocenters. The molecule has 0 saturated heterocycles. The summed E-state index contributed by atoms with van der Waals surface area (Å²) in [5.41, 5.74) is 2.96. The van der Waals surface area contributed by atoms with Crippen molar-refractivity contribution in [3.63, 3.8) is 0 Å². The molecule has 0 aromatic heterocycles. The fourth-order valence-electron chi connectivity index (χ4n) is 3.20. The van der Waals surface area contributed by atoms with Gasteiger partial charge in [-0.05, 0) is 52.6 Å². The fraction of sp³-hybridized carbons (Fsp3) is 0.0435. The summed E-state index contributed by atoms with van der Waals surface area (Å²) < 4.78 is 42.1. The van der Waals surface area contributed by atoms with Gasteiger partial charge in [-0.1, -0.05) is 24.3 Å². The summed E-state index contributed by atoms with van der Waals surface area (Å²) in [5.74, 6) is -2.11. The normalized spacial score (nSPS) is 10.7. The van der Waals surface area contributed by atoms with E-state index < -0.39 is 11.6 Å². The van der Waals surface area contributed by atoms with Crippen molar-refractivity contribution in [1.29, 1.82) is 0 Å². The van der Waals surface area contributed by atoms with Crippen LogP contribution in [0.15, 0.2) is 66.7 Å². The molecular formula is C23H14F3Pr-. The van der Waals surface area contributed by atoms with Crippen molar-refractivity contribution in [3.05, 3.63) is 95.8 Å². The minimum absolute atomic E-state index is 0. The Labute approximate surface area is 189 Å². The summed E-state index contributed by atoms with van der Waals surface area (Å²) in [4.78, 5) is 0. The Kier molecular flexibility index (Phi) is 6.03. The summed E-state index contributed by atoms with van der Waals surface area (Å²) in [6.45, 7) is 1.53. The molecular weight excluding hydrogens is 474 g/mol. The van der Waals surface area contributed by atoms with Crippen LogP contribution in [0.1, 0.15) is 5.56 Å². The standard InChI is InChI=1S/C23H14F3.Pr/c1-14-19-9-8-17(11-18(19)13-22(25)23(14)26)20-10-7-16(12-21(20)24)15-5-3-2-4-6-15;/h3-13H,1H3;/q-1;. The minimum Gasteiger partial charge on any atom is -0.206 e. The molecule has 0 heterocycles. The molecule has 0 fully saturated rings. The van der Waals surface area contributed by atoms with E-state index in [1.807, 2.05) is 18.2 Å². The number of hydrogen-bond donors (Lipinski definition) is 0. The Balaban J connectivity index is 0.00000210. The summed E-state index contributed by atoms with van der Waals surface area (Å²) in [7, 11) is 0. The van der Waals surface area contributed by atoms with Gasteiger partial charge in [-0.3, -0.25) is 0 Å². The van der Waals surface area contributed by atoms with E-state index in [1.54, 1.807) is 36.4 Å². The van der Waals surface area contributed by atoms with E-state index in [9.17, 15) is 13.2 Å². The second-order valence-corrected chi connectivity index (χ2v) is 6.22. The van der Waals surface area contributed by atoms with Gasteiger partial charge in [-0.15, -0.1) is 5.56 Å². The van der Waals surface area contributed by atoms with Crippen LogP contribution in [0.2, 0.25) is 0 Å². The largest absolute Gasteiger partial charge is 0.206 e. The monoisotopic (exact) mass is 488 g/mol.